The molecule has 5 heteroatoms. The summed E-state index contributed by atoms with van der Waals surface area (Å²) < 4.78 is 1.77. The molecule has 1 atom stereocenters. The van der Waals surface area contributed by atoms with Crippen LogP contribution in [-0.2, 0) is 0 Å². The second kappa shape index (κ2) is 4.94. The summed E-state index contributed by atoms with van der Waals surface area (Å²) in [7, 11) is 0. The molecule has 18 heavy (non-hydrogen) atoms. The second-order valence-corrected chi connectivity index (χ2v) is 4.92. The topological polar surface area (TPSA) is 45.5 Å². The van der Waals surface area contributed by atoms with Crippen molar-refractivity contribution < 1.29 is 0 Å². The summed E-state index contributed by atoms with van der Waals surface area (Å²) in [5.74, 6) is 0.925. The van der Waals surface area contributed by atoms with Crippen LogP contribution in [0.5, 0.6) is 0 Å². The Labute approximate surface area is 107 Å². The molecule has 3 heterocycles. The molecule has 0 aromatic carbocycles. The first-order valence-corrected chi connectivity index (χ1v) is 6.61. The lowest BCUT2D eigenvalue weighted by molar-refractivity contribution is 0.269. The molecule has 2 aromatic rings. The molecular formula is C13H19N5. The normalized spacial score (nSPS) is 18.3. The molecule has 1 fully saturated rings. The molecule has 5 nitrogen and oxygen atoms in total. The van der Waals surface area contributed by atoms with E-state index in [1.807, 2.05) is 18.3 Å². The van der Waals surface area contributed by atoms with Crippen LogP contribution in [0.15, 0.2) is 24.5 Å². The Kier molecular flexibility index (Phi) is 3.15. The molecule has 1 aliphatic rings. The van der Waals surface area contributed by atoms with Gasteiger partial charge in [0, 0.05) is 24.8 Å². The Bertz CT molecular complexity index is 515. The van der Waals surface area contributed by atoms with Crippen molar-refractivity contribution in [2.24, 2.45) is 0 Å². The van der Waals surface area contributed by atoms with E-state index in [0.29, 0.717) is 6.04 Å². The number of fused-ring (bicyclic) bond motifs is 1. The van der Waals surface area contributed by atoms with E-state index < -0.39 is 0 Å². The van der Waals surface area contributed by atoms with E-state index in [1.165, 1.54) is 25.9 Å². The molecule has 96 valence electrons. The standard InChI is InChI=1S/C13H19N5/c1-11(17-7-2-3-8-17)10-14-12-5-9-18-13(16-12)4-6-15-18/h4-6,9,11H,2-3,7-8,10H2,1H3,(H,14,16). The van der Waals surface area contributed by atoms with Gasteiger partial charge in [0.25, 0.3) is 0 Å². The van der Waals surface area contributed by atoms with E-state index in [1.54, 1.807) is 10.7 Å². The molecule has 1 aliphatic heterocycles. The molecule has 1 unspecified atom stereocenters. The minimum atomic E-state index is 0.565. The first-order chi connectivity index (χ1) is 8.83. The van der Waals surface area contributed by atoms with Crippen LogP contribution in [-0.4, -0.2) is 45.2 Å². The Morgan fingerprint density at radius 1 is 1.33 bits per heavy atom. The quantitative estimate of drug-likeness (QED) is 0.889. The van der Waals surface area contributed by atoms with Gasteiger partial charge in [-0.3, -0.25) is 4.90 Å². The highest BCUT2D eigenvalue weighted by Gasteiger charge is 2.17. The second-order valence-electron chi connectivity index (χ2n) is 4.92. The lowest BCUT2D eigenvalue weighted by Crippen LogP contribution is -2.35. The van der Waals surface area contributed by atoms with Crippen molar-refractivity contribution in [3.05, 3.63) is 24.5 Å². The van der Waals surface area contributed by atoms with E-state index in [2.05, 4.69) is 27.2 Å². The number of rotatable bonds is 4. The van der Waals surface area contributed by atoms with Crippen molar-refractivity contribution in [1.82, 2.24) is 19.5 Å². The molecule has 0 aliphatic carbocycles. The molecule has 0 saturated carbocycles. The number of aromatic nitrogens is 3. The fourth-order valence-electron chi connectivity index (χ4n) is 2.47. The van der Waals surface area contributed by atoms with Gasteiger partial charge in [0.2, 0.25) is 0 Å². The third kappa shape index (κ3) is 2.31. The third-order valence-corrected chi connectivity index (χ3v) is 3.60. The Morgan fingerprint density at radius 2 is 2.17 bits per heavy atom. The Morgan fingerprint density at radius 3 is 3.00 bits per heavy atom. The number of anilines is 1. The smallest absolute Gasteiger partial charge is 0.157 e. The predicted octanol–water partition coefficient (Wildman–Crippen LogP) is 1.63. The fourth-order valence-corrected chi connectivity index (χ4v) is 2.47. The monoisotopic (exact) mass is 245 g/mol. The summed E-state index contributed by atoms with van der Waals surface area (Å²) in [6, 6.07) is 4.45. The average Bonchev–Trinajstić information content (AvgIpc) is 3.05. The number of hydrogen-bond donors (Lipinski definition) is 1. The van der Waals surface area contributed by atoms with Crippen molar-refractivity contribution in [2.75, 3.05) is 25.0 Å². The van der Waals surface area contributed by atoms with Gasteiger partial charge in [0.1, 0.15) is 5.82 Å². The molecule has 0 spiro atoms. The highest BCUT2D eigenvalue weighted by molar-refractivity contribution is 5.45. The highest BCUT2D eigenvalue weighted by atomic mass is 15.2. The van der Waals surface area contributed by atoms with Gasteiger partial charge < -0.3 is 5.32 Å². The number of nitrogens with zero attached hydrogens (tertiary/aromatic N) is 4. The van der Waals surface area contributed by atoms with Crippen LogP contribution in [0.2, 0.25) is 0 Å². The maximum atomic E-state index is 4.50. The first kappa shape index (κ1) is 11.5. The van der Waals surface area contributed by atoms with Gasteiger partial charge in [-0.2, -0.15) is 5.10 Å². The molecule has 0 amide bonds. The third-order valence-electron chi connectivity index (χ3n) is 3.60. The van der Waals surface area contributed by atoms with Crippen molar-refractivity contribution in [1.29, 1.82) is 0 Å². The summed E-state index contributed by atoms with van der Waals surface area (Å²) in [6.45, 7) is 5.68. The van der Waals surface area contributed by atoms with Gasteiger partial charge in [0.15, 0.2) is 5.65 Å². The molecule has 1 saturated heterocycles. The number of hydrogen-bond acceptors (Lipinski definition) is 4. The van der Waals surface area contributed by atoms with E-state index in [4.69, 9.17) is 0 Å². The van der Waals surface area contributed by atoms with Crippen molar-refractivity contribution >= 4 is 11.5 Å². The fraction of sp³-hybridized carbons (Fsp3) is 0.538. The largest absolute Gasteiger partial charge is 0.368 e. The highest BCUT2D eigenvalue weighted by Crippen LogP contribution is 2.12. The van der Waals surface area contributed by atoms with Gasteiger partial charge in [0.05, 0.1) is 6.20 Å². The van der Waals surface area contributed by atoms with Gasteiger partial charge in [-0.1, -0.05) is 0 Å². The number of nitrogens with one attached hydrogen (secondary N) is 1. The maximum Gasteiger partial charge on any atom is 0.157 e. The minimum Gasteiger partial charge on any atom is -0.368 e. The zero-order chi connectivity index (χ0) is 12.4. The summed E-state index contributed by atoms with van der Waals surface area (Å²) in [5.41, 5.74) is 0.883. The van der Waals surface area contributed by atoms with E-state index in [-0.39, 0.29) is 0 Å². The maximum absolute atomic E-state index is 4.50. The summed E-state index contributed by atoms with van der Waals surface area (Å²) >= 11 is 0. The summed E-state index contributed by atoms with van der Waals surface area (Å²) in [5, 5.41) is 7.55. The number of likely N-dealkylation sites (tertiary alicyclic amines) is 1. The van der Waals surface area contributed by atoms with Crippen LogP contribution in [0.3, 0.4) is 0 Å². The lowest BCUT2D eigenvalue weighted by Gasteiger charge is -2.24. The van der Waals surface area contributed by atoms with E-state index in [9.17, 15) is 0 Å². The van der Waals surface area contributed by atoms with Crippen molar-refractivity contribution in [3.8, 4) is 0 Å². The van der Waals surface area contributed by atoms with Gasteiger partial charge in [-0.25, -0.2) is 9.50 Å². The first-order valence-electron chi connectivity index (χ1n) is 6.61. The predicted molar refractivity (Wildman–Crippen MR) is 71.7 cm³/mol. The van der Waals surface area contributed by atoms with Crippen LogP contribution >= 0.6 is 0 Å². The Hall–Kier alpha value is -1.62. The molecule has 1 N–H and O–H groups in total. The minimum absolute atomic E-state index is 0.565. The lowest BCUT2D eigenvalue weighted by atomic mass is 10.3. The van der Waals surface area contributed by atoms with Crippen molar-refractivity contribution in [3.63, 3.8) is 0 Å². The van der Waals surface area contributed by atoms with Gasteiger partial charge >= 0.3 is 0 Å². The van der Waals surface area contributed by atoms with Crippen LogP contribution in [0.25, 0.3) is 5.65 Å². The van der Waals surface area contributed by atoms with Crippen LogP contribution in [0, 0.1) is 0 Å². The van der Waals surface area contributed by atoms with Crippen LogP contribution in [0.1, 0.15) is 19.8 Å². The molecule has 3 rings (SSSR count). The van der Waals surface area contributed by atoms with Crippen LogP contribution in [0.4, 0.5) is 5.82 Å². The zero-order valence-electron chi connectivity index (χ0n) is 10.7. The Balaban J connectivity index is 1.61. The van der Waals surface area contributed by atoms with Gasteiger partial charge in [-0.15, -0.1) is 0 Å². The van der Waals surface area contributed by atoms with Crippen molar-refractivity contribution in [2.45, 2.75) is 25.8 Å². The zero-order valence-corrected chi connectivity index (χ0v) is 10.7. The average molecular weight is 245 g/mol. The van der Waals surface area contributed by atoms with E-state index >= 15 is 0 Å². The summed E-state index contributed by atoms with van der Waals surface area (Å²) in [4.78, 5) is 7.04. The molecule has 2 aromatic heterocycles. The molecule has 0 radical (unpaired) electrons. The molecule has 0 bridgehead atoms. The van der Waals surface area contributed by atoms with Gasteiger partial charge in [-0.05, 0) is 38.9 Å². The summed E-state index contributed by atoms with van der Waals surface area (Å²) in [6.07, 6.45) is 6.37. The molecular weight excluding hydrogens is 226 g/mol. The van der Waals surface area contributed by atoms with Crippen LogP contribution < -0.4 is 5.32 Å². The SMILES string of the molecule is CC(CNc1ccn2nccc2n1)N1CCCC1. The van der Waals surface area contributed by atoms with E-state index in [0.717, 1.165) is 18.0 Å².